The van der Waals surface area contributed by atoms with Crippen LogP contribution >= 0.6 is 11.5 Å². The minimum atomic E-state index is -0.308. The third-order valence-corrected chi connectivity index (χ3v) is 2.18. The lowest BCUT2D eigenvalue weighted by Gasteiger charge is -2.02. The van der Waals surface area contributed by atoms with Crippen LogP contribution < -0.4 is 10.6 Å². The molecule has 7 heteroatoms. The van der Waals surface area contributed by atoms with E-state index in [0.717, 1.165) is 11.5 Å². The Morgan fingerprint density at radius 2 is 2.53 bits per heavy atom. The van der Waals surface area contributed by atoms with E-state index in [-0.39, 0.29) is 6.03 Å². The first-order valence-electron chi connectivity index (χ1n) is 4.19. The Balaban J connectivity index is 1.78. The molecule has 0 bridgehead atoms. The van der Waals surface area contributed by atoms with Gasteiger partial charge in [-0.25, -0.2) is 4.79 Å². The van der Waals surface area contributed by atoms with Crippen molar-refractivity contribution in [1.82, 2.24) is 14.9 Å². The van der Waals surface area contributed by atoms with E-state index in [2.05, 4.69) is 20.2 Å². The predicted molar refractivity (Wildman–Crippen MR) is 54.5 cm³/mol. The Bertz CT molecular complexity index is 412. The number of hydrogen-bond acceptors (Lipinski definition) is 5. The predicted octanol–water partition coefficient (Wildman–Crippen LogP) is 1.45. The molecule has 15 heavy (non-hydrogen) atoms. The van der Waals surface area contributed by atoms with Gasteiger partial charge in [0, 0.05) is 11.5 Å². The maximum absolute atomic E-state index is 11.3. The zero-order valence-corrected chi connectivity index (χ0v) is 8.45. The van der Waals surface area contributed by atoms with Crippen molar-refractivity contribution in [3.05, 3.63) is 30.4 Å². The van der Waals surface area contributed by atoms with Gasteiger partial charge in [0.15, 0.2) is 0 Å². The Kier molecular flexibility index (Phi) is 2.93. The molecule has 2 amide bonds. The second kappa shape index (κ2) is 4.56. The topological polar surface area (TPSA) is 80.0 Å². The van der Waals surface area contributed by atoms with Gasteiger partial charge >= 0.3 is 6.03 Å². The van der Waals surface area contributed by atoms with Crippen molar-refractivity contribution in [2.75, 3.05) is 5.32 Å². The number of nitrogens with zero attached hydrogens (tertiary/aromatic N) is 2. The fourth-order valence-electron chi connectivity index (χ4n) is 0.959. The van der Waals surface area contributed by atoms with Crippen LogP contribution in [0.25, 0.3) is 0 Å². The summed E-state index contributed by atoms with van der Waals surface area (Å²) in [7, 11) is 0. The van der Waals surface area contributed by atoms with E-state index in [4.69, 9.17) is 4.42 Å². The minimum Gasteiger partial charge on any atom is -0.467 e. The molecule has 2 rings (SSSR count). The quantitative estimate of drug-likeness (QED) is 0.827. The van der Waals surface area contributed by atoms with Crippen molar-refractivity contribution in [2.24, 2.45) is 0 Å². The first-order valence-corrected chi connectivity index (χ1v) is 4.96. The van der Waals surface area contributed by atoms with Gasteiger partial charge in [-0.1, -0.05) is 4.49 Å². The van der Waals surface area contributed by atoms with Gasteiger partial charge in [-0.3, -0.25) is 5.32 Å². The molecule has 2 aromatic heterocycles. The second-order valence-corrected chi connectivity index (χ2v) is 3.45. The Morgan fingerprint density at radius 1 is 1.60 bits per heavy atom. The number of urea groups is 1. The SMILES string of the molecule is O=C(NCc1ccco1)Nc1cnns1. The van der Waals surface area contributed by atoms with Gasteiger partial charge < -0.3 is 9.73 Å². The zero-order valence-electron chi connectivity index (χ0n) is 7.64. The van der Waals surface area contributed by atoms with Crippen molar-refractivity contribution in [3.63, 3.8) is 0 Å². The fraction of sp³-hybridized carbons (Fsp3) is 0.125. The van der Waals surface area contributed by atoms with Crippen molar-refractivity contribution in [3.8, 4) is 0 Å². The van der Waals surface area contributed by atoms with Gasteiger partial charge in [0.25, 0.3) is 0 Å². The van der Waals surface area contributed by atoms with E-state index in [9.17, 15) is 4.79 Å². The second-order valence-electron chi connectivity index (χ2n) is 2.67. The molecule has 78 valence electrons. The van der Waals surface area contributed by atoms with Crippen molar-refractivity contribution >= 4 is 22.6 Å². The number of rotatable bonds is 3. The van der Waals surface area contributed by atoms with Gasteiger partial charge in [0.05, 0.1) is 19.0 Å². The smallest absolute Gasteiger partial charge is 0.320 e. The van der Waals surface area contributed by atoms with E-state index >= 15 is 0 Å². The van der Waals surface area contributed by atoms with Crippen molar-refractivity contribution in [1.29, 1.82) is 0 Å². The van der Waals surface area contributed by atoms with E-state index < -0.39 is 0 Å². The summed E-state index contributed by atoms with van der Waals surface area (Å²) >= 11 is 1.12. The normalized spacial score (nSPS) is 9.87. The number of amides is 2. The van der Waals surface area contributed by atoms with Crippen LogP contribution in [0.1, 0.15) is 5.76 Å². The van der Waals surface area contributed by atoms with E-state index in [0.29, 0.717) is 17.3 Å². The van der Waals surface area contributed by atoms with Crippen molar-refractivity contribution < 1.29 is 9.21 Å². The average Bonchev–Trinajstić information content (AvgIpc) is 2.86. The van der Waals surface area contributed by atoms with Crippen LogP contribution in [0.15, 0.2) is 29.0 Å². The number of furan rings is 1. The molecular formula is C8H8N4O2S. The molecule has 0 unspecified atom stereocenters. The number of anilines is 1. The summed E-state index contributed by atoms with van der Waals surface area (Å²) in [6.07, 6.45) is 3.04. The molecule has 0 aromatic carbocycles. The number of hydrogen-bond donors (Lipinski definition) is 2. The molecule has 0 aliphatic carbocycles. The van der Waals surface area contributed by atoms with Gasteiger partial charge in [-0.05, 0) is 12.1 Å². The largest absolute Gasteiger partial charge is 0.467 e. The number of carbonyl (C=O) groups excluding carboxylic acids is 1. The van der Waals surface area contributed by atoms with Gasteiger partial charge in [-0.2, -0.15) is 0 Å². The lowest BCUT2D eigenvalue weighted by atomic mass is 10.4. The zero-order chi connectivity index (χ0) is 10.5. The molecule has 0 atom stereocenters. The number of carbonyl (C=O) groups is 1. The van der Waals surface area contributed by atoms with E-state index in [1.165, 1.54) is 6.20 Å². The van der Waals surface area contributed by atoms with Crippen LogP contribution in [0.2, 0.25) is 0 Å². The highest BCUT2D eigenvalue weighted by Gasteiger charge is 2.03. The van der Waals surface area contributed by atoms with Crippen molar-refractivity contribution in [2.45, 2.75) is 6.54 Å². The highest BCUT2D eigenvalue weighted by Crippen LogP contribution is 2.08. The first kappa shape index (κ1) is 9.66. The summed E-state index contributed by atoms with van der Waals surface area (Å²) in [5.74, 6) is 0.701. The Morgan fingerprint density at radius 3 is 3.20 bits per heavy atom. The van der Waals surface area contributed by atoms with Crippen LogP contribution in [-0.2, 0) is 6.54 Å². The van der Waals surface area contributed by atoms with Crippen LogP contribution in [0, 0.1) is 0 Å². The molecule has 2 N–H and O–H groups in total. The van der Waals surface area contributed by atoms with Gasteiger partial charge in [-0.15, -0.1) is 5.10 Å². The van der Waals surface area contributed by atoms with E-state index in [1.807, 2.05) is 0 Å². The molecule has 0 fully saturated rings. The van der Waals surface area contributed by atoms with Gasteiger partial charge in [0.2, 0.25) is 0 Å². The van der Waals surface area contributed by atoms with Gasteiger partial charge in [0.1, 0.15) is 10.8 Å². The molecule has 2 aromatic rings. The first-order chi connectivity index (χ1) is 7.34. The number of nitrogens with one attached hydrogen (secondary N) is 2. The molecule has 0 saturated heterocycles. The van der Waals surface area contributed by atoms with Crippen LogP contribution in [0.3, 0.4) is 0 Å². The molecule has 0 aliphatic heterocycles. The highest BCUT2D eigenvalue weighted by atomic mass is 32.1. The summed E-state index contributed by atoms with van der Waals surface area (Å²) < 4.78 is 8.67. The maximum atomic E-state index is 11.3. The minimum absolute atomic E-state index is 0.308. The summed E-state index contributed by atoms with van der Waals surface area (Å²) in [6.45, 7) is 0.352. The molecule has 0 saturated carbocycles. The molecule has 2 heterocycles. The van der Waals surface area contributed by atoms with Crippen LogP contribution in [0.5, 0.6) is 0 Å². The molecular weight excluding hydrogens is 216 g/mol. The summed E-state index contributed by atoms with van der Waals surface area (Å²) in [5.41, 5.74) is 0. The Hall–Kier alpha value is -1.89. The standard InChI is InChI=1S/C8H8N4O2S/c13-8(11-7-5-10-12-15-7)9-4-6-2-1-3-14-6/h1-3,5H,4H2,(H2,9,11,13). The summed E-state index contributed by atoms with van der Waals surface area (Å²) in [6, 6.07) is 3.24. The molecule has 0 aliphatic rings. The lowest BCUT2D eigenvalue weighted by Crippen LogP contribution is -2.27. The third kappa shape index (κ3) is 2.78. The average molecular weight is 224 g/mol. The Labute approximate surface area is 89.5 Å². The molecule has 0 radical (unpaired) electrons. The van der Waals surface area contributed by atoms with Crippen LogP contribution in [-0.4, -0.2) is 15.6 Å². The maximum Gasteiger partial charge on any atom is 0.320 e. The van der Waals surface area contributed by atoms with E-state index in [1.54, 1.807) is 18.4 Å². The lowest BCUT2D eigenvalue weighted by molar-refractivity contribution is 0.251. The summed E-state index contributed by atoms with van der Waals surface area (Å²) in [4.78, 5) is 11.3. The third-order valence-electron chi connectivity index (χ3n) is 1.60. The highest BCUT2D eigenvalue weighted by molar-refractivity contribution is 7.10. The monoisotopic (exact) mass is 224 g/mol. The van der Waals surface area contributed by atoms with Crippen LogP contribution in [0.4, 0.5) is 9.80 Å². The molecule has 6 nitrogen and oxygen atoms in total. The summed E-state index contributed by atoms with van der Waals surface area (Å²) in [5, 5.41) is 9.41. The fourth-order valence-corrected chi connectivity index (χ4v) is 1.37. The number of aromatic nitrogens is 2. The molecule has 0 spiro atoms.